The molecule has 2 heterocycles. The molecular formula is C15H16N4O. The molecule has 0 bridgehead atoms. The molecule has 0 amide bonds. The fourth-order valence-corrected chi connectivity index (χ4v) is 2.30. The molecule has 0 aliphatic carbocycles. The molecule has 2 N–H and O–H groups in total. The number of nitrogens with two attached hydrogens (primary N) is 1. The van der Waals surface area contributed by atoms with E-state index in [1.54, 1.807) is 11.8 Å². The standard InChI is InChI=1S/C15H16N4O/c1-9-6-7-19(18-9)14-8-12(16)11-4-5-13(20-3)10(2)15(11)17-14/h4-8H,1-3H3,(H2,16,17). The van der Waals surface area contributed by atoms with Crippen molar-refractivity contribution in [2.75, 3.05) is 12.8 Å². The second kappa shape index (κ2) is 4.52. The number of pyridine rings is 1. The van der Waals surface area contributed by atoms with E-state index in [9.17, 15) is 0 Å². The van der Waals surface area contributed by atoms with Crippen molar-refractivity contribution in [1.82, 2.24) is 14.8 Å². The van der Waals surface area contributed by atoms with Crippen molar-refractivity contribution in [2.24, 2.45) is 0 Å². The van der Waals surface area contributed by atoms with E-state index in [0.29, 0.717) is 11.5 Å². The van der Waals surface area contributed by atoms with E-state index < -0.39 is 0 Å². The number of aromatic nitrogens is 3. The van der Waals surface area contributed by atoms with Gasteiger partial charge in [-0.1, -0.05) is 0 Å². The maximum absolute atomic E-state index is 6.14. The third-order valence-electron chi connectivity index (χ3n) is 3.38. The lowest BCUT2D eigenvalue weighted by Gasteiger charge is -2.11. The van der Waals surface area contributed by atoms with E-state index in [1.165, 1.54) is 0 Å². The predicted molar refractivity (Wildman–Crippen MR) is 79.3 cm³/mol. The first kappa shape index (κ1) is 12.5. The summed E-state index contributed by atoms with van der Waals surface area (Å²) in [5.74, 6) is 1.51. The zero-order valence-electron chi connectivity index (χ0n) is 11.7. The maximum Gasteiger partial charge on any atom is 0.156 e. The van der Waals surface area contributed by atoms with Gasteiger partial charge < -0.3 is 10.5 Å². The topological polar surface area (TPSA) is 66.0 Å². The number of anilines is 1. The molecule has 3 aromatic rings. The van der Waals surface area contributed by atoms with Crippen LogP contribution in [-0.2, 0) is 0 Å². The van der Waals surface area contributed by atoms with Gasteiger partial charge in [0.15, 0.2) is 5.82 Å². The van der Waals surface area contributed by atoms with Crippen molar-refractivity contribution in [3.05, 3.63) is 41.7 Å². The van der Waals surface area contributed by atoms with Gasteiger partial charge in [0.25, 0.3) is 0 Å². The molecule has 0 spiro atoms. The average Bonchev–Trinajstić information content (AvgIpc) is 2.86. The Morgan fingerprint density at radius 1 is 1.20 bits per heavy atom. The molecule has 0 saturated heterocycles. The Hall–Kier alpha value is -2.56. The summed E-state index contributed by atoms with van der Waals surface area (Å²) in [6.45, 7) is 3.92. The molecule has 0 aliphatic rings. The van der Waals surface area contributed by atoms with Gasteiger partial charge in [0.2, 0.25) is 0 Å². The molecule has 5 nitrogen and oxygen atoms in total. The first-order valence-electron chi connectivity index (χ1n) is 6.36. The van der Waals surface area contributed by atoms with Gasteiger partial charge in [-0.05, 0) is 32.0 Å². The molecule has 0 aliphatic heterocycles. The minimum atomic E-state index is 0.684. The van der Waals surface area contributed by atoms with Gasteiger partial charge in [-0.2, -0.15) is 5.10 Å². The Kier molecular flexibility index (Phi) is 2.82. The van der Waals surface area contributed by atoms with Gasteiger partial charge in [0.1, 0.15) is 5.75 Å². The van der Waals surface area contributed by atoms with Crippen molar-refractivity contribution in [2.45, 2.75) is 13.8 Å². The lowest BCUT2D eigenvalue weighted by molar-refractivity contribution is 0.412. The van der Waals surface area contributed by atoms with Gasteiger partial charge in [-0.3, -0.25) is 0 Å². The van der Waals surface area contributed by atoms with Crippen LogP contribution in [0.15, 0.2) is 30.5 Å². The smallest absolute Gasteiger partial charge is 0.156 e. The quantitative estimate of drug-likeness (QED) is 0.776. The number of methoxy groups -OCH3 is 1. The summed E-state index contributed by atoms with van der Waals surface area (Å²) >= 11 is 0. The number of benzene rings is 1. The zero-order chi connectivity index (χ0) is 14.3. The predicted octanol–water partition coefficient (Wildman–Crippen LogP) is 2.63. The molecule has 0 fully saturated rings. The number of rotatable bonds is 2. The van der Waals surface area contributed by atoms with Crippen LogP contribution in [0.4, 0.5) is 5.69 Å². The number of hydrogen-bond donors (Lipinski definition) is 1. The van der Waals surface area contributed by atoms with Gasteiger partial charge in [-0.15, -0.1) is 0 Å². The van der Waals surface area contributed by atoms with E-state index in [1.807, 2.05) is 44.3 Å². The van der Waals surface area contributed by atoms with Crippen molar-refractivity contribution in [1.29, 1.82) is 0 Å². The molecule has 3 rings (SSSR count). The van der Waals surface area contributed by atoms with Crippen molar-refractivity contribution < 1.29 is 4.74 Å². The first-order valence-corrected chi connectivity index (χ1v) is 6.36. The number of fused-ring (bicyclic) bond motifs is 1. The van der Waals surface area contributed by atoms with Gasteiger partial charge in [0.05, 0.1) is 18.3 Å². The Balaban J connectivity index is 2.29. The van der Waals surface area contributed by atoms with Crippen LogP contribution in [0.5, 0.6) is 5.75 Å². The van der Waals surface area contributed by atoms with Crippen LogP contribution in [0.25, 0.3) is 16.7 Å². The van der Waals surface area contributed by atoms with Crippen LogP contribution < -0.4 is 10.5 Å². The minimum absolute atomic E-state index is 0.684. The normalized spacial score (nSPS) is 10.9. The first-order chi connectivity index (χ1) is 9.60. The molecule has 0 unspecified atom stereocenters. The lowest BCUT2D eigenvalue weighted by Crippen LogP contribution is -2.02. The van der Waals surface area contributed by atoms with Gasteiger partial charge in [0, 0.05) is 28.9 Å². The molecule has 0 radical (unpaired) electrons. The van der Waals surface area contributed by atoms with Crippen LogP contribution >= 0.6 is 0 Å². The Morgan fingerprint density at radius 2 is 2.00 bits per heavy atom. The molecule has 102 valence electrons. The molecule has 20 heavy (non-hydrogen) atoms. The number of ether oxygens (including phenoxy) is 1. The second-order valence-corrected chi connectivity index (χ2v) is 4.76. The van der Waals surface area contributed by atoms with Crippen LogP contribution in [0.1, 0.15) is 11.3 Å². The molecule has 0 atom stereocenters. The number of nitrogens with zero attached hydrogens (tertiary/aromatic N) is 3. The summed E-state index contributed by atoms with van der Waals surface area (Å²) in [6.07, 6.45) is 1.87. The van der Waals surface area contributed by atoms with Gasteiger partial charge >= 0.3 is 0 Å². The molecule has 0 saturated carbocycles. The monoisotopic (exact) mass is 268 g/mol. The van der Waals surface area contributed by atoms with E-state index in [-0.39, 0.29) is 0 Å². The fraction of sp³-hybridized carbons (Fsp3) is 0.200. The summed E-state index contributed by atoms with van der Waals surface area (Å²) in [4.78, 5) is 4.67. The summed E-state index contributed by atoms with van der Waals surface area (Å²) < 4.78 is 7.07. The van der Waals surface area contributed by atoms with Crippen LogP contribution in [-0.4, -0.2) is 21.9 Å². The average molecular weight is 268 g/mol. The third kappa shape index (κ3) is 1.87. The summed E-state index contributed by atoms with van der Waals surface area (Å²) in [6, 6.07) is 7.61. The zero-order valence-corrected chi connectivity index (χ0v) is 11.7. The minimum Gasteiger partial charge on any atom is -0.496 e. The van der Waals surface area contributed by atoms with Crippen LogP contribution in [0, 0.1) is 13.8 Å². The molecule has 2 aromatic heterocycles. The second-order valence-electron chi connectivity index (χ2n) is 4.76. The highest BCUT2D eigenvalue weighted by molar-refractivity contribution is 5.94. The fourth-order valence-electron chi connectivity index (χ4n) is 2.30. The molecule has 1 aromatic carbocycles. The van der Waals surface area contributed by atoms with E-state index in [4.69, 9.17) is 10.5 Å². The SMILES string of the molecule is COc1ccc2c(N)cc(-n3ccc(C)n3)nc2c1C. The lowest BCUT2D eigenvalue weighted by atomic mass is 10.1. The van der Waals surface area contributed by atoms with Crippen molar-refractivity contribution >= 4 is 16.6 Å². The number of aryl methyl sites for hydroxylation is 2. The molecular weight excluding hydrogens is 252 g/mol. The maximum atomic E-state index is 6.14. The highest BCUT2D eigenvalue weighted by atomic mass is 16.5. The highest BCUT2D eigenvalue weighted by Crippen LogP contribution is 2.30. The Labute approximate surface area is 117 Å². The summed E-state index contributed by atoms with van der Waals surface area (Å²) in [5.41, 5.74) is 9.58. The Bertz CT molecular complexity index is 792. The highest BCUT2D eigenvalue weighted by Gasteiger charge is 2.11. The van der Waals surface area contributed by atoms with Crippen LogP contribution in [0.2, 0.25) is 0 Å². The van der Waals surface area contributed by atoms with Gasteiger partial charge in [-0.25, -0.2) is 9.67 Å². The van der Waals surface area contributed by atoms with E-state index in [0.717, 1.165) is 27.9 Å². The summed E-state index contributed by atoms with van der Waals surface area (Å²) in [5, 5.41) is 5.30. The largest absolute Gasteiger partial charge is 0.496 e. The number of hydrogen-bond acceptors (Lipinski definition) is 4. The summed E-state index contributed by atoms with van der Waals surface area (Å²) in [7, 11) is 1.65. The Morgan fingerprint density at radius 3 is 2.65 bits per heavy atom. The van der Waals surface area contributed by atoms with Crippen molar-refractivity contribution in [3.63, 3.8) is 0 Å². The van der Waals surface area contributed by atoms with Crippen LogP contribution in [0.3, 0.4) is 0 Å². The van der Waals surface area contributed by atoms with E-state index >= 15 is 0 Å². The number of nitrogen functional groups attached to an aromatic ring is 1. The van der Waals surface area contributed by atoms with E-state index in [2.05, 4.69) is 10.1 Å². The molecule has 5 heteroatoms. The van der Waals surface area contributed by atoms with Crippen molar-refractivity contribution in [3.8, 4) is 11.6 Å². The third-order valence-corrected chi connectivity index (χ3v) is 3.38.